The highest BCUT2D eigenvalue weighted by atomic mass is 19.1. The van der Waals surface area contributed by atoms with Gasteiger partial charge in [-0.15, -0.1) is 0 Å². The largest absolute Gasteiger partial charge is 0.397 e. The molecule has 0 spiro atoms. The quantitative estimate of drug-likeness (QED) is 0.405. The molecule has 6 heteroatoms. The van der Waals surface area contributed by atoms with Crippen LogP contribution >= 0.6 is 0 Å². The van der Waals surface area contributed by atoms with Crippen LogP contribution in [0.1, 0.15) is 46.7 Å². The van der Waals surface area contributed by atoms with Gasteiger partial charge in [-0.25, -0.2) is 4.39 Å². The van der Waals surface area contributed by atoms with Crippen molar-refractivity contribution in [2.24, 2.45) is 0 Å². The Kier molecular flexibility index (Phi) is 6.84. The Labute approximate surface area is 206 Å². The van der Waals surface area contributed by atoms with Gasteiger partial charge in [-0.05, 0) is 54.7 Å². The molecule has 0 aromatic heterocycles. The van der Waals surface area contributed by atoms with E-state index in [2.05, 4.69) is 39.8 Å². The molecule has 182 valence electrons. The first kappa shape index (κ1) is 23.5. The van der Waals surface area contributed by atoms with Crippen LogP contribution in [0.25, 0.3) is 0 Å². The second-order valence-corrected chi connectivity index (χ2v) is 9.91. The van der Waals surface area contributed by atoms with E-state index >= 15 is 4.39 Å². The highest BCUT2D eigenvalue weighted by Gasteiger charge is 2.41. The van der Waals surface area contributed by atoms with Crippen LogP contribution < -0.4 is 16.4 Å². The lowest BCUT2D eigenvalue weighted by Crippen LogP contribution is -2.47. The van der Waals surface area contributed by atoms with Gasteiger partial charge in [-0.1, -0.05) is 54.6 Å². The second kappa shape index (κ2) is 10.2. The maximum Gasteiger partial charge on any atom is 0.255 e. The number of rotatable bonds is 8. The third-order valence-corrected chi connectivity index (χ3v) is 7.28. The van der Waals surface area contributed by atoms with Crippen molar-refractivity contribution < 1.29 is 9.18 Å². The van der Waals surface area contributed by atoms with Gasteiger partial charge in [0, 0.05) is 43.7 Å². The Balaban J connectivity index is 1.06. The lowest BCUT2D eigenvalue weighted by Gasteiger charge is -2.36. The molecule has 0 bridgehead atoms. The van der Waals surface area contributed by atoms with Crippen LogP contribution in [-0.4, -0.2) is 42.2 Å². The summed E-state index contributed by atoms with van der Waals surface area (Å²) in [6.45, 7) is 2.67. The first-order chi connectivity index (χ1) is 17.0. The Hall–Kier alpha value is -3.22. The molecule has 0 radical (unpaired) electrons. The zero-order valence-corrected chi connectivity index (χ0v) is 19.9. The van der Waals surface area contributed by atoms with Gasteiger partial charge in [0.1, 0.15) is 5.67 Å². The number of para-hydroxylation sites is 2. The standard InChI is InChI=1S/C29H33FN4O/c30-29(20-32-27-18-24(27)22-6-2-1-3-7-22)14-16-34(17-15-29)19-21-10-12-23(13-11-21)28(35)33-26-9-5-4-8-25(26)31/h1-13,24,27,32H,14-20,31H2,(H,33,35)/t24-,27+/m0/s1. The molecule has 1 saturated carbocycles. The minimum atomic E-state index is -1.14. The molecule has 1 aliphatic heterocycles. The van der Waals surface area contributed by atoms with E-state index in [0.29, 0.717) is 48.3 Å². The fourth-order valence-electron chi connectivity index (χ4n) is 4.92. The number of nitrogens with two attached hydrogens (primary N) is 1. The summed E-state index contributed by atoms with van der Waals surface area (Å²) in [5.74, 6) is 0.335. The Morgan fingerprint density at radius 3 is 2.37 bits per heavy atom. The van der Waals surface area contributed by atoms with Gasteiger partial charge in [-0.2, -0.15) is 0 Å². The molecule has 5 rings (SSSR count). The number of hydrogen-bond donors (Lipinski definition) is 3. The summed E-state index contributed by atoms with van der Waals surface area (Å²) in [5.41, 5.74) is 8.97. The number of carbonyl (C=O) groups is 1. The van der Waals surface area contributed by atoms with Gasteiger partial charge in [0.2, 0.25) is 0 Å². The maximum atomic E-state index is 15.4. The first-order valence-electron chi connectivity index (χ1n) is 12.4. The molecule has 4 N–H and O–H groups in total. The number of carbonyl (C=O) groups excluding carboxylic acids is 1. The number of piperidine rings is 1. The van der Waals surface area contributed by atoms with Crippen molar-refractivity contribution in [2.75, 3.05) is 30.7 Å². The molecule has 3 aromatic rings. The number of nitrogen functional groups attached to an aromatic ring is 1. The molecular formula is C29H33FN4O. The van der Waals surface area contributed by atoms with Crippen molar-refractivity contribution in [3.63, 3.8) is 0 Å². The number of hydrogen-bond acceptors (Lipinski definition) is 4. The van der Waals surface area contributed by atoms with Crippen molar-refractivity contribution in [3.8, 4) is 0 Å². The number of halogens is 1. The van der Waals surface area contributed by atoms with E-state index in [4.69, 9.17) is 5.73 Å². The topological polar surface area (TPSA) is 70.4 Å². The summed E-state index contributed by atoms with van der Waals surface area (Å²) in [4.78, 5) is 14.8. The van der Waals surface area contributed by atoms with E-state index < -0.39 is 5.67 Å². The lowest BCUT2D eigenvalue weighted by atomic mass is 9.92. The van der Waals surface area contributed by atoms with E-state index in [1.54, 1.807) is 12.1 Å². The van der Waals surface area contributed by atoms with Crippen molar-refractivity contribution in [2.45, 2.75) is 43.4 Å². The van der Waals surface area contributed by atoms with Crippen molar-refractivity contribution in [1.82, 2.24) is 10.2 Å². The Morgan fingerprint density at radius 2 is 1.66 bits per heavy atom. The molecule has 1 amide bonds. The fraction of sp³-hybridized carbons (Fsp3) is 0.345. The van der Waals surface area contributed by atoms with Crippen LogP contribution in [0.3, 0.4) is 0 Å². The number of nitrogens with zero attached hydrogens (tertiary/aromatic N) is 1. The molecule has 2 fully saturated rings. The molecule has 1 heterocycles. The van der Waals surface area contributed by atoms with Crippen molar-refractivity contribution in [1.29, 1.82) is 0 Å². The predicted molar refractivity (Wildman–Crippen MR) is 139 cm³/mol. The van der Waals surface area contributed by atoms with Crippen molar-refractivity contribution in [3.05, 3.63) is 95.6 Å². The Bertz CT molecular complexity index is 1140. The van der Waals surface area contributed by atoms with Crippen LogP contribution in [0.5, 0.6) is 0 Å². The summed E-state index contributed by atoms with van der Waals surface area (Å²) in [6.07, 6.45) is 2.18. The van der Waals surface area contributed by atoms with E-state index in [9.17, 15) is 4.79 Å². The molecule has 35 heavy (non-hydrogen) atoms. The van der Waals surface area contributed by atoms with Gasteiger partial charge >= 0.3 is 0 Å². The number of alkyl halides is 1. The van der Waals surface area contributed by atoms with E-state index in [1.165, 1.54) is 5.56 Å². The minimum Gasteiger partial charge on any atom is -0.397 e. The van der Waals surface area contributed by atoms with Gasteiger partial charge in [0.25, 0.3) is 5.91 Å². The predicted octanol–water partition coefficient (Wildman–Crippen LogP) is 4.97. The van der Waals surface area contributed by atoms with Gasteiger partial charge in [-0.3, -0.25) is 9.69 Å². The van der Waals surface area contributed by atoms with E-state index in [-0.39, 0.29) is 5.91 Å². The Morgan fingerprint density at radius 1 is 0.971 bits per heavy atom. The molecular weight excluding hydrogens is 439 g/mol. The number of benzene rings is 3. The molecule has 0 unspecified atom stereocenters. The summed E-state index contributed by atoms with van der Waals surface area (Å²) in [6, 6.07) is 25.7. The van der Waals surface area contributed by atoms with Crippen LogP contribution in [-0.2, 0) is 6.54 Å². The average molecular weight is 473 g/mol. The lowest BCUT2D eigenvalue weighted by molar-refractivity contribution is 0.0544. The molecule has 3 aromatic carbocycles. The zero-order chi connectivity index (χ0) is 24.3. The third-order valence-electron chi connectivity index (χ3n) is 7.28. The first-order valence-corrected chi connectivity index (χ1v) is 12.4. The van der Waals surface area contributed by atoms with Crippen LogP contribution in [0.4, 0.5) is 15.8 Å². The SMILES string of the molecule is Nc1ccccc1NC(=O)c1ccc(CN2CCC(F)(CN[C@@H]3C[C@H]3c3ccccc3)CC2)cc1. The summed E-state index contributed by atoms with van der Waals surface area (Å²) in [5, 5.41) is 6.33. The molecule has 1 aliphatic carbocycles. The average Bonchev–Trinajstić information content (AvgIpc) is 3.67. The summed E-state index contributed by atoms with van der Waals surface area (Å²) >= 11 is 0. The molecule has 2 atom stereocenters. The van der Waals surface area contributed by atoms with Gasteiger partial charge in [0.05, 0.1) is 11.4 Å². The molecule has 1 saturated heterocycles. The van der Waals surface area contributed by atoms with Crippen LogP contribution in [0, 0.1) is 0 Å². The summed E-state index contributed by atoms with van der Waals surface area (Å²) < 4.78 is 15.4. The molecule has 5 nitrogen and oxygen atoms in total. The highest BCUT2D eigenvalue weighted by Crippen LogP contribution is 2.41. The normalized spacial score (nSPS) is 21.4. The van der Waals surface area contributed by atoms with Gasteiger partial charge < -0.3 is 16.4 Å². The number of anilines is 2. The minimum absolute atomic E-state index is 0.188. The van der Waals surface area contributed by atoms with E-state index in [0.717, 1.165) is 31.6 Å². The van der Waals surface area contributed by atoms with E-state index in [1.807, 2.05) is 42.5 Å². The third kappa shape index (κ3) is 5.89. The second-order valence-electron chi connectivity index (χ2n) is 9.91. The number of amides is 1. The van der Waals surface area contributed by atoms with Crippen LogP contribution in [0.15, 0.2) is 78.9 Å². The van der Waals surface area contributed by atoms with Gasteiger partial charge in [0.15, 0.2) is 0 Å². The maximum absolute atomic E-state index is 15.4. The smallest absolute Gasteiger partial charge is 0.255 e. The van der Waals surface area contributed by atoms with Crippen LogP contribution in [0.2, 0.25) is 0 Å². The number of likely N-dealkylation sites (tertiary alicyclic amines) is 1. The highest BCUT2D eigenvalue weighted by molar-refractivity contribution is 6.05. The zero-order valence-electron chi connectivity index (χ0n) is 19.9. The summed E-state index contributed by atoms with van der Waals surface area (Å²) in [7, 11) is 0. The fourth-order valence-corrected chi connectivity index (χ4v) is 4.92. The monoisotopic (exact) mass is 472 g/mol. The number of nitrogens with one attached hydrogen (secondary N) is 2. The van der Waals surface area contributed by atoms with Crippen molar-refractivity contribution >= 4 is 17.3 Å². The molecule has 2 aliphatic rings.